The maximum atomic E-state index is 12.6. The highest BCUT2D eigenvalue weighted by Gasteiger charge is 2.14. The number of carbonyl (C=O) groups excluding carboxylic acids is 1. The fourth-order valence-corrected chi connectivity index (χ4v) is 1.81. The number of pyridine rings is 1. The molecule has 0 aliphatic rings. The summed E-state index contributed by atoms with van der Waals surface area (Å²) >= 11 is 3.19. The molecule has 2 aromatic rings. The van der Waals surface area contributed by atoms with Crippen molar-refractivity contribution in [1.82, 2.24) is 9.88 Å². The molecule has 1 amide bonds. The normalized spacial score (nSPS) is 10.4. The Morgan fingerprint density at radius 3 is 2.78 bits per heavy atom. The smallest absolute Gasteiger partial charge is 0.255 e. The van der Waals surface area contributed by atoms with Crippen LogP contribution in [-0.2, 0) is 6.54 Å². The zero-order valence-electron chi connectivity index (χ0n) is 9.56. The summed E-state index contributed by atoms with van der Waals surface area (Å²) in [7, 11) is 1.64. The summed E-state index contributed by atoms with van der Waals surface area (Å²) in [6, 6.07) is 6.09. The van der Waals surface area contributed by atoms with Crippen LogP contribution in [0, 0.1) is 5.95 Å². The van der Waals surface area contributed by atoms with Gasteiger partial charge in [-0.1, -0.05) is 0 Å². The second-order valence-electron chi connectivity index (χ2n) is 3.74. The van der Waals surface area contributed by atoms with Crippen LogP contribution >= 0.6 is 15.9 Å². The van der Waals surface area contributed by atoms with Crippen LogP contribution in [0.5, 0.6) is 0 Å². The lowest BCUT2D eigenvalue weighted by molar-refractivity contribution is 0.0774. The minimum Gasteiger partial charge on any atom is -0.452 e. The highest BCUT2D eigenvalue weighted by Crippen LogP contribution is 2.16. The predicted molar refractivity (Wildman–Crippen MR) is 66.4 cm³/mol. The van der Waals surface area contributed by atoms with Gasteiger partial charge in [-0.05, 0) is 40.2 Å². The number of halogens is 2. The van der Waals surface area contributed by atoms with E-state index < -0.39 is 5.95 Å². The minimum atomic E-state index is -0.607. The van der Waals surface area contributed by atoms with E-state index in [0.717, 1.165) is 6.07 Å². The molecule has 0 saturated carbocycles. The monoisotopic (exact) mass is 312 g/mol. The third-order valence-corrected chi connectivity index (χ3v) is 2.77. The number of hydrogen-bond acceptors (Lipinski definition) is 3. The molecule has 0 aliphatic carbocycles. The van der Waals surface area contributed by atoms with Gasteiger partial charge in [-0.25, -0.2) is 4.98 Å². The average Bonchev–Trinajstić information content (AvgIpc) is 2.75. The second kappa shape index (κ2) is 5.30. The summed E-state index contributed by atoms with van der Waals surface area (Å²) in [6.07, 6.45) is 1.21. The van der Waals surface area contributed by atoms with Crippen LogP contribution < -0.4 is 0 Å². The first-order valence-electron chi connectivity index (χ1n) is 5.17. The van der Waals surface area contributed by atoms with E-state index in [9.17, 15) is 9.18 Å². The summed E-state index contributed by atoms with van der Waals surface area (Å²) in [4.78, 5) is 16.9. The summed E-state index contributed by atoms with van der Waals surface area (Å²) in [6.45, 7) is 0.335. The van der Waals surface area contributed by atoms with Gasteiger partial charge in [0.15, 0.2) is 4.67 Å². The van der Waals surface area contributed by atoms with Crippen LogP contribution in [0.25, 0.3) is 0 Å². The van der Waals surface area contributed by atoms with Gasteiger partial charge in [-0.2, -0.15) is 4.39 Å². The van der Waals surface area contributed by atoms with Crippen LogP contribution in [0.3, 0.4) is 0 Å². The van der Waals surface area contributed by atoms with Gasteiger partial charge in [-0.15, -0.1) is 0 Å². The fraction of sp³-hybridized carbons (Fsp3) is 0.167. The standard InChI is InChI=1S/C12H10BrFN2O2/c1-16(7-9-3-4-10(13)18-9)12(17)8-2-5-11(14)15-6-8/h2-6H,7H2,1H3. The van der Waals surface area contributed by atoms with Gasteiger partial charge in [0.2, 0.25) is 5.95 Å². The van der Waals surface area contributed by atoms with Gasteiger partial charge in [0, 0.05) is 13.2 Å². The predicted octanol–water partition coefficient (Wildman–Crippen LogP) is 2.85. The van der Waals surface area contributed by atoms with Gasteiger partial charge in [-0.3, -0.25) is 4.79 Å². The Labute approximate surface area is 112 Å². The summed E-state index contributed by atoms with van der Waals surface area (Å²) in [5.41, 5.74) is 0.338. The van der Waals surface area contributed by atoms with Crippen molar-refractivity contribution in [2.75, 3.05) is 7.05 Å². The van der Waals surface area contributed by atoms with Crippen LogP contribution in [0.1, 0.15) is 16.1 Å². The number of rotatable bonds is 3. The van der Waals surface area contributed by atoms with Gasteiger partial charge >= 0.3 is 0 Å². The quantitative estimate of drug-likeness (QED) is 0.819. The molecule has 0 unspecified atom stereocenters. The number of amides is 1. The van der Waals surface area contributed by atoms with E-state index in [1.165, 1.54) is 17.2 Å². The Hall–Kier alpha value is -1.69. The van der Waals surface area contributed by atoms with Crippen LogP contribution in [0.2, 0.25) is 0 Å². The van der Waals surface area contributed by atoms with Crippen molar-refractivity contribution in [3.8, 4) is 0 Å². The molecule has 2 heterocycles. The Kier molecular flexibility index (Phi) is 3.76. The van der Waals surface area contributed by atoms with E-state index in [1.54, 1.807) is 19.2 Å². The topological polar surface area (TPSA) is 46.3 Å². The molecule has 0 spiro atoms. The number of nitrogens with zero attached hydrogens (tertiary/aromatic N) is 2. The van der Waals surface area contributed by atoms with Gasteiger partial charge in [0.25, 0.3) is 5.91 Å². The zero-order valence-corrected chi connectivity index (χ0v) is 11.1. The first-order chi connectivity index (χ1) is 8.56. The highest BCUT2D eigenvalue weighted by atomic mass is 79.9. The molecule has 0 fully saturated rings. The molecule has 0 bridgehead atoms. The third kappa shape index (κ3) is 2.95. The third-order valence-electron chi connectivity index (χ3n) is 2.34. The van der Waals surface area contributed by atoms with E-state index >= 15 is 0 Å². The SMILES string of the molecule is CN(Cc1ccc(Br)o1)C(=O)c1ccc(F)nc1. The van der Waals surface area contributed by atoms with Gasteiger partial charge in [0.05, 0.1) is 12.1 Å². The van der Waals surface area contributed by atoms with Crippen molar-refractivity contribution < 1.29 is 13.6 Å². The average molecular weight is 313 g/mol. The lowest BCUT2D eigenvalue weighted by Gasteiger charge is -2.15. The summed E-state index contributed by atoms with van der Waals surface area (Å²) in [5.74, 6) is -0.188. The van der Waals surface area contributed by atoms with E-state index in [2.05, 4.69) is 20.9 Å². The maximum absolute atomic E-state index is 12.6. The van der Waals surface area contributed by atoms with E-state index in [4.69, 9.17) is 4.42 Å². The Morgan fingerprint density at radius 1 is 1.44 bits per heavy atom. The van der Waals surface area contributed by atoms with Crippen LogP contribution in [0.4, 0.5) is 4.39 Å². The van der Waals surface area contributed by atoms with Crippen LogP contribution in [-0.4, -0.2) is 22.8 Å². The first-order valence-corrected chi connectivity index (χ1v) is 5.97. The number of aromatic nitrogens is 1. The molecule has 2 aromatic heterocycles. The molecule has 0 N–H and O–H groups in total. The first kappa shape index (κ1) is 12.8. The summed E-state index contributed by atoms with van der Waals surface area (Å²) in [5, 5.41) is 0. The van der Waals surface area contributed by atoms with Crippen molar-refractivity contribution in [2.24, 2.45) is 0 Å². The largest absolute Gasteiger partial charge is 0.452 e. The molecule has 0 aromatic carbocycles. The Balaban J connectivity index is 2.07. The Morgan fingerprint density at radius 2 is 2.22 bits per heavy atom. The van der Waals surface area contributed by atoms with Crippen molar-refractivity contribution in [3.05, 3.63) is 52.4 Å². The Bertz CT molecular complexity index is 553. The molecule has 0 aliphatic heterocycles. The molecule has 0 atom stereocenters. The van der Waals surface area contributed by atoms with Crippen molar-refractivity contribution in [2.45, 2.75) is 6.54 Å². The molecular weight excluding hydrogens is 303 g/mol. The lowest BCUT2D eigenvalue weighted by atomic mass is 10.2. The van der Waals surface area contributed by atoms with Crippen molar-refractivity contribution in [1.29, 1.82) is 0 Å². The number of carbonyl (C=O) groups is 1. The van der Waals surface area contributed by atoms with E-state index in [1.807, 2.05) is 0 Å². The highest BCUT2D eigenvalue weighted by molar-refractivity contribution is 9.10. The zero-order chi connectivity index (χ0) is 13.1. The second-order valence-corrected chi connectivity index (χ2v) is 4.52. The van der Waals surface area contributed by atoms with E-state index in [-0.39, 0.29) is 5.91 Å². The maximum Gasteiger partial charge on any atom is 0.255 e. The molecular formula is C12H10BrFN2O2. The molecule has 0 radical (unpaired) electrons. The van der Waals surface area contributed by atoms with Crippen molar-refractivity contribution >= 4 is 21.8 Å². The molecule has 0 saturated heterocycles. The summed E-state index contributed by atoms with van der Waals surface area (Å²) < 4.78 is 18.6. The lowest BCUT2D eigenvalue weighted by Crippen LogP contribution is -2.26. The molecule has 18 heavy (non-hydrogen) atoms. The minimum absolute atomic E-state index is 0.241. The molecule has 94 valence electrons. The molecule has 6 heteroatoms. The number of hydrogen-bond donors (Lipinski definition) is 0. The van der Waals surface area contributed by atoms with Gasteiger partial charge < -0.3 is 9.32 Å². The van der Waals surface area contributed by atoms with E-state index in [0.29, 0.717) is 22.5 Å². The van der Waals surface area contributed by atoms with Crippen molar-refractivity contribution in [3.63, 3.8) is 0 Å². The fourth-order valence-electron chi connectivity index (χ4n) is 1.46. The van der Waals surface area contributed by atoms with Crippen LogP contribution in [0.15, 0.2) is 39.5 Å². The molecule has 2 rings (SSSR count). The number of furan rings is 1. The van der Waals surface area contributed by atoms with Gasteiger partial charge in [0.1, 0.15) is 5.76 Å². The molecule has 4 nitrogen and oxygen atoms in total.